The van der Waals surface area contributed by atoms with Gasteiger partial charge in [-0.2, -0.15) is 4.72 Å². The lowest BCUT2D eigenvalue weighted by Gasteiger charge is -2.36. The Morgan fingerprint density at radius 3 is 2.64 bits per heavy atom. The lowest BCUT2D eigenvalue weighted by molar-refractivity contribution is 0.0992. The van der Waals surface area contributed by atoms with Gasteiger partial charge in [0.1, 0.15) is 29.3 Å². The Balaban J connectivity index is 1.59. The molecular weight excluding hydrogens is 386 g/mol. The van der Waals surface area contributed by atoms with Crippen molar-refractivity contribution < 1.29 is 24.1 Å². The highest BCUT2D eigenvalue weighted by Gasteiger charge is 2.36. The number of carbonyl (C=O) groups is 1. The first-order valence-corrected chi connectivity index (χ1v) is 9.87. The minimum atomic E-state index is -3.38. The van der Waals surface area contributed by atoms with Crippen molar-refractivity contribution in [2.75, 3.05) is 17.4 Å². The van der Waals surface area contributed by atoms with Gasteiger partial charge in [-0.05, 0) is 36.2 Å². The minimum absolute atomic E-state index is 0.0690. The molecule has 28 heavy (non-hydrogen) atoms. The summed E-state index contributed by atoms with van der Waals surface area (Å²) in [5.74, 6) is -0.638. The van der Waals surface area contributed by atoms with Crippen molar-refractivity contribution in [2.45, 2.75) is 12.6 Å². The number of aromatic hydroxyl groups is 1. The summed E-state index contributed by atoms with van der Waals surface area (Å²) in [6.45, 7) is 0.184. The van der Waals surface area contributed by atoms with Crippen molar-refractivity contribution in [1.29, 1.82) is 0 Å². The Kier molecular flexibility index (Phi) is 6.05. The molecule has 0 aliphatic carbocycles. The van der Waals surface area contributed by atoms with Gasteiger partial charge in [0.05, 0.1) is 6.54 Å². The Bertz CT molecular complexity index is 917. The van der Waals surface area contributed by atoms with Crippen molar-refractivity contribution in [2.24, 2.45) is 10.2 Å². The first kappa shape index (κ1) is 20.0. The number of anilines is 1. The van der Waals surface area contributed by atoms with Gasteiger partial charge in [-0.25, -0.2) is 0 Å². The quantitative estimate of drug-likeness (QED) is 0.376. The van der Waals surface area contributed by atoms with E-state index in [1.165, 1.54) is 12.1 Å². The third-order valence-corrected chi connectivity index (χ3v) is 5.52. The molecule has 3 rings (SSSR count). The Labute approximate surface area is 162 Å². The topological polar surface area (TPSA) is 152 Å². The number of amides is 1. The number of rotatable bonds is 5. The number of phenols is 1. The van der Waals surface area contributed by atoms with Crippen LogP contribution in [0, 0.1) is 0 Å². The molecule has 1 saturated heterocycles. The van der Waals surface area contributed by atoms with Crippen molar-refractivity contribution in [1.82, 2.24) is 9.63 Å². The van der Waals surface area contributed by atoms with Gasteiger partial charge in [0.15, 0.2) is 0 Å². The number of nitrogens with one attached hydrogen (secondary N) is 1. The number of β-amino-alcohol motifs (C(OH)–C–C–N with tert-alkyl or cyclic N) is 1. The third-order valence-electron chi connectivity index (χ3n) is 3.97. The molecule has 0 radical (unpaired) electrons. The Morgan fingerprint density at radius 1 is 1.25 bits per heavy atom. The number of carbonyl (C=O) groups excluding carboxylic acids is 1. The van der Waals surface area contributed by atoms with Crippen LogP contribution in [-0.2, 0) is 6.42 Å². The van der Waals surface area contributed by atoms with Crippen LogP contribution in [0.3, 0.4) is 0 Å². The van der Waals surface area contributed by atoms with Gasteiger partial charge in [-0.15, -0.1) is 0 Å². The highest BCUT2D eigenvalue weighted by Crippen LogP contribution is 2.49. The van der Waals surface area contributed by atoms with E-state index < -0.39 is 23.1 Å². The van der Waals surface area contributed by atoms with E-state index in [9.17, 15) is 24.1 Å². The van der Waals surface area contributed by atoms with E-state index in [4.69, 9.17) is 0 Å². The van der Waals surface area contributed by atoms with Crippen LogP contribution >= 0.6 is 11.0 Å². The smallest absolute Gasteiger partial charge is 0.360 e. The molecule has 11 heteroatoms. The van der Waals surface area contributed by atoms with E-state index >= 15 is 0 Å². The van der Waals surface area contributed by atoms with E-state index in [1.54, 1.807) is 36.4 Å². The summed E-state index contributed by atoms with van der Waals surface area (Å²) < 4.78 is 23.2. The number of aliphatic hydroxyl groups is 1. The summed E-state index contributed by atoms with van der Waals surface area (Å²) in [6, 6.07) is 13.2. The second-order valence-electron chi connectivity index (χ2n) is 6.01. The largest absolute Gasteiger partial charge is 0.506 e. The maximum Gasteiger partial charge on any atom is 0.360 e. The molecule has 148 valence electrons. The normalized spacial score (nSPS) is 19.0. The lowest BCUT2D eigenvalue weighted by Crippen LogP contribution is -2.25. The molecule has 1 amide bonds. The average molecular weight is 406 g/mol. The van der Waals surface area contributed by atoms with Crippen LogP contribution < -0.4 is 13.9 Å². The monoisotopic (exact) mass is 406 g/mol. The summed E-state index contributed by atoms with van der Waals surface area (Å²) in [5, 5.41) is 27.1. The molecule has 0 saturated carbocycles. The lowest BCUT2D eigenvalue weighted by atomic mass is 10.1. The number of hydrogen-bond acceptors (Lipinski definition) is 8. The molecule has 1 unspecified atom stereocenters. The van der Waals surface area contributed by atoms with Gasteiger partial charge in [-0.3, -0.25) is 18.2 Å². The van der Waals surface area contributed by atoms with Gasteiger partial charge >= 0.3 is 5.91 Å². The van der Waals surface area contributed by atoms with Crippen LogP contribution in [0.5, 0.6) is 5.75 Å². The van der Waals surface area contributed by atoms with Crippen molar-refractivity contribution >= 4 is 22.6 Å². The van der Waals surface area contributed by atoms with Crippen molar-refractivity contribution in [3.63, 3.8) is 0 Å². The zero-order chi connectivity index (χ0) is 20.1. The van der Waals surface area contributed by atoms with Gasteiger partial charge in [-0.1, -0.05) is 35.2 Å². The fourth-order valence-electron chi connectivity index (χ4n) is 2.65. The molecule has 0 aromatic heterocycles. The number of aliphatic hydroxyl groups excluding tert-OH is 1. The fourth-order valence-corrected chi connectivity index (χ4v) is 3.99. The first-order chi connectivity index (χ1) is 13.4. The van der Waals surface area contributed by atoms with Gasteiger partial charge in [0.25, 0.3) is 0 Å². The molecule has 1 heterocycles. The summed E-state index contributed by atoms with van der Waals surface area (Å²) >= 11 is 0. The maximum absolute atomic E-state index is 11.7. The molecule has 1 atom stereocenters. The molecule has 0 bridgehead atoms. The van der Waals surface area contributed by atoms with Crippen LogP contribution in [0.1, 0.15) is 15.9 Å². The predicted octanol–water partition coefficient (Wildman–Crippen LogP) is 2.06. The molecule has 1 fully saturated rings. The van der Waals surface area contributed by atoms with E-state index in [2.05, 4.69) is 19.9 Å². The van der Waals surface area contributed by atoms with Gasteiger partial charge in [0.2, 0.25) is 10.0 Å². The number of phenolic OH excluding ortho intramolecular Hbond substituents is 1. The molecule has 1 aliphatic rings. The fraction of sp³-hybridized carbons (Fsp3) is 0.235. The van der Waals surface area contributed by atoms with E-state index in [-0.39, 0.29) is 24.5 Å². The third kappa shape index (κ3) is 4.73. The molecule has 5 N–H and O–H groups in total. The van der Waals surface area contributed by atoms with Crippen LogP contribution in [0.2, 0.25) is 0 Å². The standard InChI is InChI=1S/C17H19N5O5S/c23-15-10-12(6-7-14(15)22-11-16(24)20-28(22,26)27)8-9-18-21-19-17(25)13-4-2-1-3-5-13/h1-7,10,16,20,24H,8-9,11H2,(H2-,23,26,27)/p+1. The Morgan fingerprint density at radius 2 is 2.00 bits per heavy atom. The predicted molar refractivity (Wildman–Crippen MR) is 104 cm³/mol. The SMILES string of the molecule is O=C(N=[N+]=NCCc1ccc(N2CC(O)NS2(O)O)c(O)c1)c1ccccc1. The van der Waals surface area contributed by atoms with E-state index in [0.717, 1.165) is 9.87 Å². The highest BCUT2D eigenvalue weighted by atomic mass is 32.3. The molecule has 0 spiro atoms. The maximum atomic E-state index is 11.7. The minimum Gasteiger partial charge on any atom is -0.506 e. The highest BCUT2D eigenvalue weighted by molar-refractivity contribution is 8.24. The zero-order valence-corrected chi connectivity index (χ0v) is 15.5. The average Bonchev–Trinajstić information content (AvgIpc) is 2.94. The summed E-state index contributed by atoms with van der Waals surface area (Å²) in [5.41, 5.74) is 1.35. The van der Waals surface area contributed by atoms with E-state index in [0.29, 0.717) is 12.0 Å². The number of benzene rings is 2. The van der Waals surface area contributed by atoms with Crippen LogP contribution in [0.4, 0.5) is 5.69 Å². The van der Waals surface area contributed by atoms with Crippen molar-refractivity contribution in [3.8, 4) is 5.75 Å². The van der Waals surface area contributed by atoms with Crippen molar-refractivity contribution in [3.05, 3.63) is 59.7 Å². The summed E-state index contributed by atoms with van der Waals surface area (Å²) in [6.07, 6.45) is -0.671. The molecule has 2 aromatic rings. The van der Waals surface area contributed by atoms with Crippen LogP contribution in [0.15, 0.2) is 58.8 Å². The zero-order valence-electron chi connectivity index (χ0n) is 14.7. The molecule has 1 aliphatic heterocycles. The summed E-state index contributed by atoms with van der Waals surface area (Å²) in [7, 11) is -3.38. The molecule has 10 nitrogen and oxygen atoms in total. The van der Waals surface area contributed by atoms with Crippen LogP contribution in [-0.4, -0.2) is 44.5 Å². The van der Waals surface area contributed by atoms with Crippen LogP contribution in [0.25, 0.3) is 0 Å². The van der Waals surface area contributed by atoms with Gasteiger partial charge in [0, 0.05) is 5.56 Å². The second kappa shape index (κ2) is 8.48. The Hall–Kier alpha value is -2.79. The van der Waals surface area contributed by atoms with E-state index in [1.807, 2.05) is 0 Å². The second-order valence-corrected chi connectivity index (χ2v) is 7.73. The molecule has 2 aromatic carbocycles. The number of hydrogen-bond donors (Lipinski definition) is 5. The summed E-state index contributed by atoms with van der Waals surface area (Å²) in [4.78, 5) is 15.3. The molecular formula is C17H20N5O5S+. The number of nitrogens with zero attached hydrogens (tertiary/aromatic N) is 4. The first-order valence-electron chi connectivity index (χ1n) is 8.37. The van der Waals surface area contributed by atoms with Gasteiger partial charge < -0.3 is 10.2 Å².